The van der Waals surface area contributed by atoms with Crippen LogP contribution in [0.4, 0.5) is 0 Å². The number of carbonyl (C=O) groups excluding carboxylic acids is 1. The maximum Gasteiger partial charge on any atom is 0.336 e. The molecule has 1 heterocycles. The van der Waals surface area contributed by atoms with Crippen LogP contribution in [-0.4, -0.2) is 53.8 Å². The molecule has 0 radical (unpaired) electrons. The van der Waals surface area contributed by atoms with Crippen molar-refractivity contribution in [2.24, 2.45) is 0 Å². The molecule has 196 valence electrons. The van der Waals surface area contributed by atoms with Crippen molar-refractivity contribution in [1.82, 2.24) is 29.7 Å². The summed E-state index contributed by atoms with van der Waals surface area (Å²) in [6, 6.07) is 0. The van der Waals surface area contributed by atoms with Crippen LogP contribution < -0.4 is 33.0 Å². The molecule has 10 nitrogen and oxygen atoms in total. The van der Waals surface area contributed by atoms with E-state index in [2.05, 4.69) is 16.0 Å². The highest BCUT2D eigenvalue weighted by atomic mass is 16.2. The molecule has 0 atom stereocenters. The Morgan fingerprint density at radius 2 is 0.853 bits per heavy atom. The molecule has 0 fully saturated rings. The van der Waals surface area contributed by atoms with E-state index in [0.717, 1.165) is 83.7 Å². The zero-order chi connectivity index (χ0) is 25.0. The summed E-state index contributed by atoms with van der Waals surface area (Å²) in [6.07, 6.45) is 11.5. The topological polar surface area (TPSA) is 119 Å². The van der Waals surface area contributed by atoms with Gasteiger partial charge in [0.1, 0.15) is 0 Å². The Labute approximate surface area is 203 Å². The number of nitrogens with zero attached hydrogens (tertiary/aromatic N) is 3. The van der Waals surface area contributed by atoms with Crippen LogP contribution >= 0.6 is 0 Å². The minimum atomic E-state index is -0.488. The summed E-state index contributed by atoms with van der Waals surface area (Å²) < 4.78 is 3.76. The standard InChI is InChI=1S/C24H46N6O4/c1-25-15-9-3-6-12-18-28-22(32)29(19-13-7-4-10-16-26-2)24(34)30(23(28)33)20-14-8-5-11-17-27-21-31/h21,25-26H,3-20H2,1-2H3,(H,27,31). The summed E-state index contributed by atoms with van der Waals surface area (Å²) in [6.45, 7) is 3.54. The quantitative estimate of drug-likeness (QED) is 0.168. The number of carbonyl (C=O) groups is 1. The molecule has 0 aliphatic carbocycles. The van der Waals surface area contributed by atoms with Gasteiger partial charge in [-0.2, -0.15) is 0 Å². The number of amides is 1. The van der Waals surface area contributed by atoms with E-state index in [9.17, 15) is 19.2 Å². The summed E-state index contributed by atoms with van der Waals surface area (Å²) >= 11 is 0. The van der Waals surface area contributed by atoms with Crippen LogP contribution in [0.15, 0.2) is 14.4 Å². The number of hydrogen-bond donors (Lipinski definition) is 3. The third-order valence-electron chi connectivity index (χ3n) is 6.04. The smallest absolute Gasteiger partial charge is 0.336 e. The molecular weight excluding hydrogens is 436 g/mol. The monoisotopic (exact) mass is 482 g/mol. The first-order valence-electron chi connectivity index (χ1n) is 13.0. The first-order valence-corrected chi connectivity index (χ1v) is 13.0. The molecule has 0 unspecified atom stereocenters. The molecule has 1 amide bonds. The zero-order valence-corrected chi connectivity index (χ0v) is 21.3. The van der Waals surface area contributed by atoms with E-state index in [1.807, 2.05) is 14.1 Å². The Balaban J connectivity index is 2.87. The normalized spacial score (nSPS) is 11.1. The maximum atomic E-state index is 13.0. The van der Waals surface area contributed by atoms with Crippen LogP contribution in [0.5, 0.6) is 0 Å². The van der Waals surface area contributed by atoms with Crippen LogP contribution in [0.25, 0.3) is 0 Å². The highest BCUT2D eigenvalue weighted by Crippen LogP contribution is 2.02. The number of aromatic nitrogens is 3. The third-order valence-corrected chi connectivity index (χ3v) is 6.04. The summed E-state index contributed by atoms with van der Waals surface area (Å²) in [4.78, 5) is 49.4. The van der Waals surface area contributed by atoms with Crippen LogP contribution in [-0.2, 0) is 24.4 Å². The van der Waals surface area contributed by atoms with E-state index < -0.39 is 17.1 Å². The van der Waals surface area contributed by atoms with Gasteiger partial charge in [-0.3, -0.25) is 4.79 Å². The van der Waals surface area contributed by atoms with Crippen molar-refractivity contribution in [1.29, 1.82) is 0 Å². The SMILES string of the molecule is CNCCCCCCn1c(=O)n(CCCCCCNC)c(=O)n(CCCCCCNC=O)c1=O. The minimum absolute atomic E-state index is 0.309. The second-order valence-electron chi connectivity index (χ2n) is 8.82. The number of unbranched alkanes of at least 4 members (excludes halogenated alkanes) is 9. The van der Waals surface area contributed by atoms with Crippen molar-refractivity contribution in [2.75, 3.05) is 33.7 Å². The zero-order valence-electron chi connectivity index (χ0n) is 21.3. The molecule has 0 aromatic carbocycles. The van der Waals surface area contributed by atoms with Gasteiger partial charge < -0.3 is 16.0 Å². The van der Waals surface area contributed by atoms with Crippen molar-refractivity contribution in [3.8, 4) is 0 Å². The van der Waals surface area contributed by atoms with Gasteiger partial charge in [0.25, 0.3) is 0 Å². The predicted molar refractivity (Wildman–Crippen MR) is 137 cm³/mol. The molecule has 10 heteroatoms. The van der Waals surface area contributed by atoms with Crippen LogP contribution in [0, 0.1) is 0 Å². The second kappa shape index (κ2) is 19.1. The lowest BCUT2D eigenvalue weighted by molar-refractivity contribution is -0.109. The fourth-order valence-electron chi connectivity index (χ4n) is 4.02. The Morgan fingerprint density at radius 1 is 0.529 bits per heavy atom. The molecule has 1 aromatic rings. The minimum Gasteiger partial charge on any atom is -0.359 e. The first-order chi connectivity index (χ1) is 16.6. The van der Waals surface area contributed by atoms with E-state index in [4.69, 9.17) is 0 Å². The molecule has 0 aliphatic rings. The second-order valence-corrected chi connectivity index (χ2v) is 8.82. The molecule has 0 aliphatic heterocycles. The average Bonchev–Trinajstić information content (AvgIpc) is 2.83. The van der Waals surface area contributed by atoms with Gasteiger partial charge >= 0.3 is 17.1 Å². The lowest BCUT2D eigenvalue weighted by Gasteiger charge is -2.14. The molecule has 0 spiro atoms. The Morgan fingerprint density at radius 3 is 1.18 bits per heavy atom. The van der Waals surface area contributed by atoms with Crippen molar-refractivity contribution in [2.45, 2.75) is 96.7 Å². The van der Waals surface area contributed by atoms with Gasteiger partial charge in [-0.25, -0.2) is 28.1 Å². The Bertz CT molecular complexity index is 791. The summed E-state index contributed by atoms with van der Waals surface area (Å²) in [5.74, 6) is 0. The fourth-order valence-corrected chi connectivity index (χ4v) is 4.02. The van der Waals surface area contributed by atoms with E-state index in [-0.39, 0.29) is 0 Å². The summed E-state index contributed by atoms with van der Waals surface area (Å²) in [5, 5.41) is 8.87. The van der Waals surface area contributed by atoms with Crippen molar-refractivity contribution >= 4 is 6.41 Å². The molecule has 34 heavy (non-hydrogen) atoms. The lowest BCUT2D eigenvalue weighted by Crippen LogP contribution is -2.54. The van der Waals surface area contributed by atoms with Crippen LogP contribution in [0.1, 0.15) is 77.0 Å². The average molecular weight is 483 g/mol. The molecule has 0 saturated heterocycles. The van der Waals surface area contributed by atoms with Gasteiger partial charge in [-0.05, 0) is 65.7 Å². The van der Waals surface area contributed by atoms with Gasteiger partial charge in [-0.15, -0.1) is 0 Å². The highest BCUT2D eigenvalue weighted by Gasteiger charge is 2.15. The molecular formula is C24H46N6O4. The van der Waals surface area contributed by atoms with Gasteiger partial charge in [-0.1, -0.05) is 38.5 Å². The third kappa shape index (κ3) is 11.3. The van der Waals surface area contributed by atoms with E-state index in [1.165, 1.54) is 13.7 Å². The van der Waals surface area contributed by atoms with Crippen LogP contribution in [0.2, 0.25) is 0 Å². The lowest BCUT2D eigenvalue weighted by atomic mass is 10.2. The molecule has 1 aromatic heterocycles. The predicted octanol–water partition coefficient (Wildman–Crippen LogP) is 1.04. The Hall–Kier alpha value is -2.20. The van der Waals surface area contributed by atoms with E-state index >= 15 is 0 Å². The first kappa shape index (κ1) is 29.8. The maximum absolute atomic E-state index is 13.0. The highest BCUT2D eigenvalue weighted by molar-refractivity contribution is 5.45. The van der Waals surface area contributed by atoms with E-state index in [0.29, 0.717) is 39.0 Å². The molecule has 1 rings (SSSR count). The molecule has 0 saturated carbocycles. The van der Waals surface area contributed by atoms with Gasteiger partial charge in [0.15, 0.2) is 0 Å². The fraction of sp³-hybridized carbons (Fsp3) is 0.833. The Kier molecular flexibility index (Phi) is 16.8. The van der Waals surface area contributed by atoms with Crippen LogP contribution in [0.3, 0.4) is 0 Å². The molecule has 3 N–H and O–H groups in total. The summed E-state index contributed by atoms with van der Waals surface area (Å²) in [5.41, 5.74) is -1.45. The number of hydrogen-bond acceptors (Lipinski definition) is 6. The van der Waals surface area contributed by atoms with Gasteiger partial charge in [0, 0.05) is 26.2 Å². The van der Waals surface area contributed by atoms with Crippen molar-refractivity contribution in [3.05, 3.63) is 31.5 Å². The summed E-state index contributed by atoms with van der Waals surface area (Å²) in [7, 11) is 3.85. The van der Waals surface area contributed by atoms with Gasteiger partial charge in [0.05, 0.1) is 0 Å². The van der Waals surface area contributed by atoms with Crippen molar-refractivity contribution < 1.29 is 4.79 Å². The van der Waals surface area contributed by atoms with Gasteiger partial charge in [0.2, 0.25) is 6.41 Å². The van der Waals surface area contributed by atoms with E-state index in [1.54, 1.807) is 0 Å². The van der Waals surface area contributed by atoms with Crippen molar-refractivity contribution in [3.63, 3.8) is 0 Å². The largest absolute Gasteiger partial charge is 0.359 e. The number of rotatable bonds is 22. The number of nitrogens with one attached hydrogen (secondary N) is 3. The molecule has 0 bridgehead atoms.